The summed E-state index contributed by atoms with van der Waals surface area (Å²) in [4.78, 5) is 18.7. The molecule has 3 aliphatic rings. The normalized spacial score (nSPS) is 20.3. The minimum atomic E-state index is -0.0823. The van der Waals surface area contributed by atoms with Crippen LogP contribution < -0.4 is 10.2 Å². The quantitative estimate of drug-likeness (QED) is 0.496. The number of nitrogens with zero attached hydrogens (tertiary/aromatic N) is 5. The molecule has 5 rings (SSSR count). The summed E-state index contributed by atoms with van der Waals surface area (Å²) in [6.45, 7) is 3.88. The van der Waals surface area contributed by atoms with Gasteiger partial charge in [-0.2, -0.15) is 10.4 Å². The molecule has 2 unspecified atom stereocenters. The lowest BCUT2D eigenvalue weighted by molar-refractivity contribution is 0.0943. The van der Waals surface area contributed by atoms with Crippen molar-refractivity contribution in [3.05, 3.63) is 83.2 Å². The molecule has 1 aliphatic carbocycles. The number of benzene rings is 1. The van der Waals surface area contributed by atoms with Crippen molar-refractivity contribution in [3.63, 3.8) is 0 Å². The third-order valence-corrected chi connectivity index (χ3v) is 6.32. The van der Waals surface area contributed by atoms with Crippen molar-refractivity contribution in [2.45, 2.75) is 50.7 Å². The minimum absolute atomic E-state index is 0.00683. The van der Waals surface area contributed by atoms with E-state index in [4.69, 9.17) is 10.7 Å². The fourth-order valence-electron chi connectivity index (χ4n) is 4.39. The van der Waals surface area contributed by atoms with E-state index in [1.165, 1.54) is 0 Å². The first-order valence-corrected chi connectivity index (χ1v) is 11.8. The highest BCUT2D eigenvalue weighted by Gasteiger charge is 2.36. The molecule has 0 saturated heterocycles. The van der Waals surface area contributed by atoms with Crippen LogP contribution in [0.2, 0.25) is 0 Å². The van der Waals surface area contributed by atoms with E-state index in [1.807, 2.05) is 72.6 Å². The van der Waals surface area contributed by atoms with E-state index in [2.05, 4.69) is 27.5 Å². The summed E-state index contributed by atoms with van der Waals surface area (Å²) in [5.41, 5.74) is 3.01. The van der Waals surface area contributed by atoms with E-state index in [9.17, 15) is 4.79 Å². The number of hydrogen-bond donors (Lipinski definition) is 2. The highest BCUT2D eigenvalue weighted by molar-refractivity contribution is 6.10. The first kappa shape index (κ1) is 22.5. The van der Waals surface area contributed by atoms with Gasteiger partial charge in [0.25, 0.3) is 5.91 Å². The third kappa shape index (κ3) is 4.58. The van der Waals surface area contributed by atoms with E-state index in [0.717, 1.165) is 24.0 Å². The summed E-state index contributed by atoms with van der Waals surface area (Å²) in [6, 6.07) is 13.6. The molecule has 176 valence electrons. The Bertz CT molecular complexity index is 1260. The van der Waals surface area contributed by atoms with Gasteiger partial charge in [0, 0.05) is 47.7 Å². The third-order valence-electron chi connectivity index (χ3n) is 6.32. The molecule has 0 bridgehead atoms. The lowest BCUT2D eigenvalue weighted by atomic mass is 9.90. The average Bonchev–Trinajstić information content (AvgIpc) is 3.61. The maximum absolute atomic E-state index is 12.3. The number of pyridine rings is 1. The van der Waals surface area contributed by atoms with Crippen LogP contribution in [0.15, 0.2) is 71.6 Å². The van der Waals surface area contributed by atoms with Gasteiger partial charge in [0.05, 0.1) is 11.6 Å². The smallest absolute Gasteiger partial charge is 0.251 e. The number of aromatic nitrogens is 1. The van der Waals surface area contributed by atoms with Crippen molar-refractivity contribution in [1.82, 2.24) is 15.3 Å². The van der Waals surface area contributed by atoms with E-state index in [1.54, 1.807) is 12.3 Å². The first-order chi connectivity index (χ1) is 16.9. The van der Waals surface area contributed by atoms with Gasteiger partial charge in [0.1, 0.15) is 17.7 Å². The molecule has 2 atom stereocenters. The van der Waals surface area contributed by atoms with E-state index in [-0.39, 0.29) is 30.0 Å². The predicted octanol–water partition coefficient (Wildman–Crippen LogP) is 3.95. The van der Waals surface area contributed by atoms with Gasteiger partial charge in [-0.15, -0.1) is 0 Å². The molecule has 1 aromatic carbocycles. The lowest BCUT2D eigenvalue weighted by Crippen LogP contribution is -2.36. The first-order valence-electron chi connectivity index (χ1n) is 11.8. The summed E-state index contributed by atoms with van der Waals surface area (Å²) >= 11 is 0. The Hall–Kier alpha value is -4.25. The zero-order chi connectivity index (χ0) is 24.5. The maximum atomic E-state index is 12.3. The van der Waals surface area contributed by atoms with Gasteiger partial charge in [0.15, 0.2) is 0 Å². The van der Waals surface area contributed by atoms with Gasteiger partial charge in [-0.1, -0.05) is 12.1 Å². The van der Waals surface area contributed by atoms with Crippen LogP contribution in [0.3, 0.4) is 0 Å². The number of hydrazone groups is 1. The number of nitriles is 1. The van der Waals surface area contributed by atoms with E-state index in [0.29, 0.717) is 22.8 Å². The van der Waals surface area contributed by atoms with Crippen molar-refractivity contribution in [1.29, 1.82) is 10.7 Å². The molecule has 35 heavy (non-hydrogen) atoms. The molecule has 8 nitrogen and oxygen atoms in total. The zero-order valence-corrected chi connectivity index (χ0v) is 19.7. The van der Waals surface area contributed by atoms with Crippen LogP contribution in [-0.4, -0.2) is 46.1 Å². The number of amides is 1. The summed E-state index contributed by atoms with van der Waals surface area (Å²) in [5, 5.41) is 27.4. The molecule has 1 amide bonds. The van der Waals surface area contributed by atoms with Crippen molar-refractivity contribution in [3.8, 4) is 6.07 Å². The van der Waals surface area contributed by atoms with Crippen LogP contribution in [0.5, 0.6) is 0 Å². The molecular weight excluding hydrogens is 438 g/mol. The SMILES string of the molecule is CC(C)NC(=O)c1ccc(C2C=NN3C=CC(C(=N)N(c4ccc(C#N)cn4)C4CC4)=CC23)cc1. The Morgan fingerprint density at radius 2 is 2.00 bits per heavy atom. The Morgan fingerprint density at radius 1 is 1.23 bits per heavy atom. The summed E-state index contributed by atoms with van der Waals surface area (Å²) < 4.78 is 0. The summed E-state index contributed by atoms with van der Waals surface area (Å²) in [7, 11) is 0. The Morgan fingerprint density at radius 3 is 2.63 bits per heavy atom. The Kier molecular flexibility index (Phi) is 5.91. The van der Waals surface area contributed by atoms with Gasteiger partial charge in [-0.3, -0.25) is 15.2 Å². The molecule has 1 fully saturated rings. The molecule has 8 heteroatoms. The molecule has 0 spiro atoms. The van der Waals surface area contributed by atoms with Crippen LogP contribution >= 0.6 is 0 Å². The number of rotatable bonds is 6. The van der Waals surface area contributed by atoms with Crippen molar-refractivity contribution in [2.75, 3.05) is 4.90 Å². The molecular formula is C27H27N7O. The van der Waals surface area contributed by atoms with Gasteiger partial charge < -0.3 is 10.2 Å². The van der Waals surface area contributed by atoms with Crippen molar-refractivity contribution < 1.29 is 4.79 Å². The molecule has 3 heterocycles. The molecule has 1 aromatic heterocycles. The fraction of sp³-hybridized carbons (Fsp3) is 0.296. The van der Waals surface area contributed by atoms with Crippen LogP contribution in [-0.2, 0) is 0 Å². The zero-order valence-electron chi connectivity index (χ0n) is 19.7. The second kappa shape index (κ2) is 9.18. The number of fused-ring (bicyclic) bond motifs is 1. The minimum Gasteiger partial charge on any atom is -0.350 e. The summed E-state index contributed by atoms with van der Waals surface area (Å²) in [6.07, 6.45) is 11.4. The summed E-state index contributed by atoms with van der Waals surface area (Å²) in [5.74, 6) is 1.00. The van der Waals surface area contributed by atoms with E-state index >= 15 is 0 Å². The van der Waals surface area contributed by atoms with Crippen LogP contribution in [0.1, 0.15) is 54.1 Å². The van der Waals surface area contributed by atoms with Crippen LogP contribution in [0, 0.1) is 16.7 Å². The number of carbonyl (C=O) groups is 1. The topological polar surface area (TPSA) is 108 Å². The van der Waals surface area contributed by atoms with Crippen LogP contribution in [0.25, 0.3) is 0 Å². The van der Waals surface area contributed by atoms with Gasteiger partial charge in [-0.05, 0) is 68.7 Å². The number of carbonyl (C=O) groups excluding carboxylic acids is 1. The van der Waals surface area contributed by atoms with Gasteiger partial charge >= 0.3 is 0 Å². The van der Waals surface area contributed by atoms with Crippen molar-refractivity contribution >= 4 is 23.8 Å². The number of hydrogen-bond acceptors (Lipinski definition) is 6. The molecule has 0 radical (unpaired) electrons. The molecule has 2 aromatic rings. The lowest BCUT2D eigenvalue weighted by Gasteiger charge is -2.30. The number of nitrogens with one attached hydrogen (secondary N) is 2. The number of anilines is 1. The largest absolute Gasteiger partial charge is 0.350 e. The number of amidine groups is 1. The monoisotopic (exact) mass is 465 g/mol. The van der Waals surface area contributed by atoms with Crippen LogP contribution in [0.4, 0.5) is 5.82 Å². The second-order valence-corrected chi connectivity index (χ2v) is 9.32. The highest BCUT2D eigenvalue weighted by atomic mass is 16.1. The highest BCUT2D eigenvalue weighted by Crippen LogP contribution is 2.35. The maximum Gasteiger partial charge on any atom is 0.251 e. The van der Waals surface area contributed by atoms with E-state index < -0.39 is 0 Å². The predicted molar refractivity (Wildman–Crippen MR) is 135 cm³/mol. The molecule has 2 N–H and O–H groups in total. The fourth-order valence-corrected chi connectivity index (χ4v) is 4.39. The molecule has 1 saturated carbocycles. The second-order valence-electron chi connectivity index (χ2n) is 9.32. The standard InChI is InChI=1S/C27H27N7O/c1-17(2)32-27(35)20-6-4-19(5-7-20)23-16-31-33-12-11-21(13-24(23)33)26(29)34(22-8-9-22)25-10-3-18(14-28)15-30-25/h3-7,10-13,15-17,22-24,29H,8-9H2,1-2H3,(H,32,35). The Balaban J connectivity index is 1.37. The molecule has 2 aliphatic heterocycles. The Labute approximate surface area is 204 Å². The van der Waals surface area contributed by atoms with Gasteiger partial charge in [0.2, 0.25) is 0 Å². The van der Waals surface area contributed by atoms with Gasteiger partial charge in [-0.25, -0.2) is 4.98 Å². The van der Waals surface area contributed by atoms with Crippen molar-refractivity contribution in [2.24, 2.45) is 5.10 Å². The average molecular weight is 466 g/mol.